The summed E-state index contributed by atoms with van der Waals surface area (Å²) in [6, 6.07) is 0. The van der Waals surface area contributed by atoms with Gasteiger partial charge < -0.3 is 14.7 Å². The summed E-state index contributed by atoms with van der Waals surface area (Å²) in [5.74, 6) is 0. The van der Waals surface area contributed by atoms with Gasteiger partial charge in [-0.25, -0.2) is 0 Å². The molecule has 1 rings (SSSR count). The highest BCUT2D eigenvalue weighted by atomic mass is 17.0. The molecule has 10 heavy (non-hydrogen) atoms. The molecule has 0 saturated carbocycles. The molecule has 0 aliphatic carbocycles. The Balaban J connectivity index is 2.33. The van der Waals surface area contributed by atoms with Crippen molar-refractivity contribution in [2.45, 2.75) is 12.2 Å². The van der Waals surface area contributed by atoms with E-state index < -0.39 is 17.3 Å². The predicted octanol–water partition coefficient (Wildman–Crippen LogP) is -1.05. The second-order valence-electron chi connectivity index (χ2n) is 1.97. The minimum Gasteiger partial charge on any atom is -0.388 e. The molecule has 0 aromatic heterocycles. The molecular weight excluding hydrogens is 142 g/mol. The van der Waals surface area contributed by atoms with Crippen molar-refractivity contribution in [1.82, 2.24) is 0 Å². The van der Waals surface area contributed by atoms with E-state index in [1.165, 1.54) is 0 Å². The summed E-state index contributed by atoms with van der Waals surface area (Å²) in [4.78, 5) is 13.8. The quantitative estimate of drug-likeness (QED) is 0.400. The largest absolute Gasteiger partial charge is 0.388 e. The van der Waals surface area contributed by atoms with E-state index >= 15 is 0 Å². The summed E-state index contributed by atoms with van der Waals surface area (Å²) in [6.45, 7) is 0.195. The monoisotopic (exact) mass is 149 g/mol. The van der Waals surface area contributed by atoms with Gasteiger partial charge in [0.05, 0.1) is 13.2 Å². The fourth-order valence-electron chi connectivity index (χ4n) is 0.735. The lowest BCUT2D eigenvalue weighted by Crippen LogP contribution is -2.29. The summed E-state index contributed by atoms with van der Waals surface area (Å²) < 4.78 is 4.69. The maximum absolute atomic E-state index is 9.72. The van der Waals surface area contributed by atoms with Crippen LogP contribution in [0.4, 0.5) is 0 Å². The highest BCUT2D eigenvalue weighted by molar-refractivity contribution is 4.72. The molecule has 0 aromatic rings. The Labute approximate surface area is 56.5 Å². The molecule has 0 aromatic carbocycles. The Morgan fingerprint density at radius 2 is 2.40 bits per heavy atom. The second-order valence-corrected chi connectivity index (χ2v) is 1.97. The maximum Gasteiger partial charge on any atom is 0.294 e. The highest BCUT2D eigenvalue weighted by Crippen LogP contribution is 2.08. The molecule has 58 valence electrons. The van der Waals surface area contributed by atoms with Gasteiger partial charge >= 0.3 is 0 Å². The molecule has 0 bridgehead atoms. The van der Waals surface area contributed by atoms with Gasteiger partial charge in [-0.3, -0.25) is 0 Å². The summed E-state index contributed by atoms with van der Waals surface area (Å²) in [5.41, 5.74) is 0. The van der Waals surface area contributed by atoms with Crippen LogP contribution >= 0.6 is 0 Å². The van der Waals surface area contributed by atoms with Gasteiger partial charge in [0.2, 0.25) is 0 Å². The van der Waals surface area contributed by atoms with Crippen LogP contribution in [0.2, 0.25) is 0 Å². The number of rotatable bonds is 2. The van der Waals surface area contributed by atoms with E-state index in [4.69, 9.17) is 9.84 Å². The minimum absolute atomic E-state index is 0.0855. The molecule has 0 unspecified atom stereocenters. The number of hydrogen-bond acceptors (Lipinski definition) is 5. The fourth-order valence-corrected chi connectivity index (χ4v) is 0.735. The van der Waals surface area contributed by atoms with Gasteiger partial charge in [0, 0.05) is 0 Å². The Morgan fingerprint density at radius 3 is 2.80 bits per heavy atom. The van der Waals surface area contributed by atoms with E-state index in [1.54, 1.807) is 0 Å². The molecule has 1 heterocycles. The van der Waals surface area contributed by atoms with Gasteiger partial charge in [-0.2, -0.15) is 0 Å². The highest BCUT2D eigenvalue weighted by Gasteiger charge is 2.29. The van der Waals surface area contributed by atoms with E-state index in [0.717, 1.165) is 0 Å². The van der Waals surface area contributed by atoms with Gasteiger partial charge in [-0.15, -0.1) is 10.1 Å². The van der Waals surface area contributed by atoms with Crippen molar-refractivity contribution in [1.29, 1.82) is 0 Å². The Bertz CT molecular complexity index is 138. The summed E-state index contributed by atoms with van der Waals surface area (Å²) in [7, 11) is 0. The first-order valence-electron chi connectivity index (χ1n) is 2.77. The molecule has 0 radical (unpaired) electrons. The van der Waals surface area contributed by atoms with Crippen LogP contribution in [-0.2, 0) is 9.57 Å². The topological polar surface area (TPSA) is 81.8 Å². The third-order valence-electron chi connectivity index (χ3n) is 1.22. The van der Waals surface area contributed by atoms with E-state index in [-0.39, 0.29) is 13.2 Å². The van der Waals surface area contributed by atoms with Crippen molar-refractivity contribution in [3.63, 3.8) is 0 Å². The molecule has 0 spiro atoms. The minimum atomic E-state index is -0.928. The molecule has 1 aliphatic heterocycles. The summed E-state index contributed by atoms with van der Waals surface area (Å²) in [6.07, 6.45) is -1.68. The second kappa shape index (κ2) is 2.80. The van der Waals surface area contributed by atoms with Crippen LogP contribution in [0.15, 0.2) is 0 Å². The standard InChI is InChI=1S/C4H7NO5/c6-3-1-9-2-4(3)10-5(7)8/h3-4,6H,1-2H2/t3-,4-/m1/s1. The van der Waals surface area contributed by atoms with Gasteiger partial charge in [-0.05, 0) is 0 Å². The Kier molecular flexibility index (Phi) is 2.03. The Morgan fingerprint density at radius 1 is 1.70 bits per heavy atom. The van der Waals surface area contributed by atoms with Crippen molar-refractivity contribution in [2.75, 3.05) is 13.2 Å². The number of ether oxygens (including phenoxy) is 1. The Hall–Kier alpha value is -0.880. The van der Waals surface area contributed by atoms with Crippen LogP contribution in [0.3, 0.4) is 0 Å². The number of nitrogens with zero attached hydrogens (tertiary/aromatic N) is 1. The first kappa shape index (κ1) is 7.23. The predicted molar refractivity (Wildman–Crippen MR) is 28.7 cm³/mol. The van der Waals surface area contributed by atoms with Crippen molar-refractivity contribution < 1.29 is 19.8 Å². The zero-order valence-electron chi connectivity index (χ0n) is 5.10. The molecule has 0 amide bonds. The van der Waals surface area contributed by atoms with E-state index in [1.807, 2.05) is 0 Å². The van der Waals surface area contributed by atoms with Gasteiger partial charge in [0.15, 0.2) is 6.10 Å². The van der Waals surface area contributed by atoms with Crippen molar-refractivity contribution in [3.05, 3.63) is 10.1 Å². The third kappa shape index (κ3) is 1.55. The van der Waals surface area contributed by atoms with Crippen LogP contribution in [0, 0.1) is 10.1 Å². The van der Waals surface area contributed by atoms with Crippen molar-refractivity contribution >= 4 is 0 Å². The lowest BCUT2D eigenvalue weighted by Gasteiger charge is -2.07. The van der Waals surface area contributed by atoms with Crippen LogP contribution in [-0.4, -0.2) is 35.6 Å². The number of hydrogen-bond donors (Lipinski definition) is 1. The van der Waals surface area contributed by atoms with E-state index in [0.29, 0.717) is 0 Å². The number of aliphatic hydroxyl groups excluding tert-OH is 1. The first-order valence-corrected chi connectivity index (χ1v) is 2.77. The molecule has 1 aliphatic rings. The van der Waals surface area contributed by atoms with Crippen LogP contribution in [0.25, 0.3) is 0 Å². The average Bonchev–Trinajstić information content (AvgIpc) is 2.15. The maximum atomic E-state index is 9.72. The van der Waals surface area contributed by atoms with Gasteiger partial charge in [-0.1, -0.05) is 0 Å². The molecule has 2 atom stereocenters. The van der Waals surface area contributed by atoms with Crippen LogP contribution in [0.5, 0.6) is 0 Å². The lowest BCUT2D eigenvalue weighted by molar-refractivity contribution is -0.769. The molecule has 1 fully saturated rings. The smallest absolute Gasteiger partial charge is 0.294 e. The van der Waals surface area contributed by atoms with Gasteiger partial charge in [0.1, 0.15) is 6.10 Å². The molecular formula is C4H7NO5. The van der Waals surface area contributed by atoms with E-state index in [2.05, 4.69) is 4.84 Å². The fraction of sp³-hybridized carbons (Fsp3) is 1.00. The zero-order chi connectivity index (χ0) is 7.56. The average molecular weight is 149 g/mol. The van der Waals surface area contributed by atoms with E-state index in [9.17, 15) is 10.1 Å². The lowest BCUT2D eigenvalue weighted by atomic mass is 10.3. The van der Waals surface area contributed by atoms with Crippen molar-refractivity contribution in [2.24, 2.45) is 0 Å². The zero-order valence-corrected chi connectivity index (χ0v) is 5.10. The normalized spacial score (nSPS) is 32.1. The summed E-state index contributed by atoms with van der Waals surface area (Å²) >= 11 is 0. The molecule has 1 saturated heterocycles. The van der Waals surface area contributed by atoms with Gasteiger partial charge in [0.25, 0.3) is 5.09 Å². The third-order valence-corrected chi connectivity index (χ3v) is 1.22. The van der Waals surface area contributed by atoms with Crippen LogP contribution in [0.1, 0.15) is 0 Å². The SMILES string of the molecule is O=[N+]([O-])O[C@@H]1COC[C@H]1O. The van der Waals surface area contributed by atoms with Crippen molar-refractivity contribution in [3.8, 4) is 0 Å². The summed E-state index contributed by atoms with van der Waals surface area (Å²) in [5, 5.41) is 17.7. The first-order chi connectivity index (χ1) is 4.70. The molecule has 6 heteroatoms. The molecule has 1 N–H and O–H groups in total. The molecule has 6 nitrogen and oxygen atoms in total. The van der Waals surface area contributed by atoms with Crippen LogP contribution < -0.4 is 0 Å². The number of aliphatic hydroxyl groups is 1.